The van der Waals surface area contributed by atoms with E-state index in [-0.39, 0.29) is 5.69 Å². The van der Waals surface area contributed by atoms with Crippen molar-refractivity contribution in [1.82, 2.24) is 20.0 Å². The first-order valence-corrected chi connectivity index (χ1v) is 8.67. The zero-order chi connectivity index (χ0) is 17.2. The van der Waals surface area contributed by atoms with Gasteiger partial charge >= 0.3 is 5.97 Å². The number of hydrogen-bond donors (Lipinski definition) is 0. The molecule has 4 rings (SSSR count). The number of rotatable bonds is 4. The number of carbonyl (C=O) groups excluding carboxylic acids is 1. The number of fused-ring (bicyclic) bond motifs is 1. The Morgan fingerprint density at radius 1 is 1.28 bits per heavy atom. The summed E-state index contributed by atoms with van der Waals surface area (Å²) in [4.78, 5) is 16.6. The SMILES string of the molecule is Cc1c(C(=O)OCC2CCCC2)nnn1-c1ccc2ncccc2c1. The van der Waals surface area contributed by atoms with E-state index in [4.69, 9.17) is 4.74 Å². The van der Waals surface area contributed by atoms with Gasteiger partial charge in [-0.2, -0.15) is 0 Å². The Bertz CT molecular complexity index is 913. The van der Waals surface area contributed by atoms with Crippen molar-refractivity contribution in [3.8, 4) is 5.69 Å². The highest BCUT2D eigenvalue weighted by Crippen LogP contribution is 2.25. The third-order valence-corrected chi connectivity index (χ3v) is 4.84. The molecule has 2 heterocycles. The molecule has 0 amide bonds. The van der Waals surface area contributed by atoms with Crippen LogP contribution in [0.5, 0.6) is 0 Å². The van der Waals surface area contributed by atoms with Gasteiger partial charge in [-0.25, -0.2) is 9.48 Å². The van der Waals surface area contributed by atoms with Gasteiger partial charge in [-0.05, 0) is 49.9 Å². The number of benzene rings is 1. The normalized spacial score (nSPS) is 14.9. The summed E-state index contributed by atoms with van der Waals surface area (Å²) in [5.41, 5.74) is 2.73. The van der Waals surface area contributed by atoms with Crippen molar-refractivity contribution in [2.45, 2.75) is 32.6 Å². The predicted molar refractivity (Wildman–Crippen MR) is 93.6 cm³/mol. The number of hydrogen-bond acceptors (Lipinski definition) is 5. The Morgan fingerprint density at radius 2 is 2.12 bits per heavy atom. The Kier molecular flexibility index (Phi) is 4.17. The van der Waals surface area contributed by atoms with Crippen LogP contribution in [0.2, 0.25) is 0 Å². The standard InChI is InChI=1S/C19H20N4O2/c1-13-18(19(24)25-12-14-5-2-3-6-14)21-22-23(13)16-8-9-17-15(11-16)7-4-10-20-17/h4,7-11,14H,2-3,5-6,12H2,1H3. The molecule has 1 aliphatic rings. The molecule has 0 N–H and O–H groups in total. The summed E-state index contributed by atoms with van der Waals surface area (Å²) in [5.74, 6) is 0.102. The molecule has 1 fully saturated rings. The van der Waals surface area contributed by atoms with Gasteiger partial charge in [0, 0.05) is 11.6 Å². The molecule has 0 saturated heterocycles. The van der Waals surface area contributed by atoms with E-state index in [0.717, 1.165) is 29.4 Å². The first-order valence-electron chi connectivity index (χ1n) is 8.67. The van der Waals surface area contributed by atoms with Crippen molar-refractivity contribution in [2.24, 2.45) is 5.92 Å². The van der Waals surface area contributed by atoms with E-state index in [1.165, 1.54) is 12.8 Å². The number of pyridine rings is 1. The Morgan fingerprint density at radius 3 is 2.96 bits per heavy atom. The highest BCUT2D eigenvalue weighted by atomic mass is 16.5. The summed E-state index contributed by atoms with van der Waals surface area (Å²) in [6.45, 7) is 2.31. The van der Waals surface area contributed by atoms with Crippen molar-refractivity contribution < 1.29 is 9.53 Å². The molecule has 2 aromatic heterocycles. The van der Waals surface area contributed by atoms with E-state index in [2.05, 4.69) is 15.3 Å². The van der Waals surface area contributed by atoms with Crippen LogP contribution >= 0.6 is 0 Å². The number of esters is 1. The summed E-state index contributed by atoms with van der Waals surface area (Å²) in [7, 11) is 0. The van der Waals surface area contributed by atoms with Gasteiger partial charge in [-0.15, -0.1) is 5.10 Å². The van der Waals surface area contributed by atoms with Gasteiger partial charge in [0.2, 0.25) is 0 Å². The molecule has 128 valence electrons. The van der Waals surface area contributed by atoms with E-state index in [1.54, 1.807) is 10.9 Å². The van der Waals surface area contributed by atoms with E-state index >= 15 is 0 Å². The molecule has 1 aromatic carbocycles. The third-order valence-electron chi connectivity index (χ3n) is 4.84. The molecule has 1 saturated carbocycles. The Hall–Kier alpha value is -2.76. The quantitative estimate of drug-likeness (QED) is 0.682. The number of ether oxygens (including phenoxy) is 1. The monoisotopic (exact) mass is 336 g/mol. The molecule has 0 spiro atoms. The smallest absolute Gasteiger partial charge is 0.360 e. The van der Waals surface area contributed by atoms with E-state index in [1.807, 2.05) is 37.3 Å². The maximum Gasteiger partial charge on any atom is 0.360 e. The lowest BCUT2D eigenvalue weighted by Crippen LogP contribution is -2.13. The second kappa shape index (κ2) is 6.63. The van der Waals surface area contributed by atoms with Crippen LogP contribution in [0.4, 0.5) is 0 Å². The zero-order valence-corrected chi connectivity index (χ0v) is 14.2. The van der Waals surface area contributed by atoms with Crippen LogP contribution in [0.15, 0.2) is 36.5 Å². The van der Waals surface area contributed by atoms with Crippen LogP contribution in [0.3, 0.4) is 0 Å². The van der Waals surface area contributed by atoms with Gasteiger partial charge in [0.15, 0.2) is 5.69 Å². The fourth-order valence-electron chi connectivity index (χ4n) is 3.40. The third kappa shape index (κ3) is 3.12. The average Bonchev–Trinajstić information content (AvgIpc) is 3.29. The van der Waals surface area contributed by atoms with E-state index < -0.39 is 5.97 Å². The van der Waals surface area contributed by atoms with Crippen molar-refractivity contribution >= 4 is 16.9 Å². The fourth-order valence-corrected chi connectivity index (χ4v) is 3.40. The van der Waals surface area contributed by atoms with E-state index in [9.17, 15) is 4.79 Å². The fraction of sp³-hybridized carbons (Fsp3) is 0.368. The molecule has 3 aromatic rings. The van der Waals surface area contributed by atoms with Crippen LogP contribution in [0.1, 0.15) is 41.9 Å². The largest absolute Gasteiger partial charge is 0.461 e. The van der Waals surface area contributed by atoms with Crippen LogP contribution in [-0.4, -0.2) is 32.6 Å². The summed E-state index contributed by atoms with van der Waals surface area (Å²) >= 11 is 0. The highest BCUT2D eigenvalue weighted by Gasteiger charge is 2.22. The Labute approximate surface area is 145 Å². The second-order valence-electron chi connectivity index (χ2n) is 6.56. The summed E-state index contributed by atoms with van der Waals surface area (Å²) in [6, 6.07) is 9.73. The minimum absolute atomic E-state index is 0.282. The maximum absolute atomic E-state index is 12.3. The van der Waals surface area contributed by atoms with Crippen molar-refractivity contribution in [3.05, 3.63) is 47.9 Å². The topological polar surface area (TPSA) is 69.9 Å². The first-order chi connectivity index (χ1) is 12.2. The Balaban J connectivity index is 1.55. The van der Waals surface area contributed by atoms with Gasteiger partial charge in [-0.1, -0.05) is 24.1 Å². The van der Waals surface area contributed by atoms with Crippen LogP contribution in [0, 0.1) is 12.8 Å². The first kappa shape index (κ1) is 15.7. The molecule has 25 heavy (non-hydrogen) atoms. The lowest BCUT2D eigenvalue weighted by atomic mass is 10.1. The van der Waals surface area contributed by atoms with Crippen molar-refractivity contribution in [2.75, 3.05) is 6.61 Å². The van der Waals surface area contributed by atoms with Gasteiger partial charge in [0.25, 0.3) is 0 Å². The van der Waals surface area contributed by atoms with Gasteiger partial charge in [0.1, 0.15) is 0 Å². The molecule has 0 unspecified atom stereocenters. The van der Waals surface area contributed by atoms with Crippen LogP contribution < -0.4 is 0 Å². The lowest BCUT2D eigenvalue weighted by molar-refractivity contribution is 0.0434. The summed E-state index contributed by atoms with van der Waals surface area (Å²) in [6.07, 6.45) is 6.51. The molecule has 1 aliphatic carbocycles. The minimum atomic E-state index is -0.391. The highest BCUT2D eigenvalue weighted by molar-refractivity contribution is 5.88. The molecule has 0 bridgehead atoms. The maximum atomic E-state index is 12.3. The minimum Gasteiger partial charge on any atom is -0.461 e. The number of carbonyl (C=O) groups is 1. The molecule has 6 heteroatoms. The second-order valence-corrected chi connectivity index (χ2v) is 6.56. The number of aromatic nitrogens is 4. The predicted octanol–water partition coefficient (Wildman–Crippen LogP) is 3.47. The molecule has 0 aliphatic heterocycles. The zero-order valence-electron chi connectivity index (χ0n) is 14.2. The van der Waals surface area contributed by atoms with Crippen LogP contribution in [0.25, 0.3) is 16.6 Å². The molecular weight excluding hydrogens is 316 g/mol. The molecule has 0 radical (unpaired) electrons. The summed E-state index contributed by atoms with van der Waals surface area (Å²) < 4.78 is 7.11. The van der Waals surface area contributed by atoms with E-state index in [0.29, 0.717) is 18.2 Å². The average molecular weight is 336 g/mol. The number of nitrogens with zero attached hydrogens (tertiary/aromatic N) is 4. The van der Waals surface area contributed by atoms with Gasteiger partial charge < -0.3 is 4.74 Å². The molecule has 6 nitrogen and oxygen atoms in total. The van der Waals surface area contributed by atoms with Crippen molar-refractivity contribution in [3.63, 3.8) is 0 Å². The summed E-state index contributed by atoms with van der Waals surface area (Å²) in [5, 5.41) is 9.19. The lowest BCUT2D eigenvalue weighted by Gasteiger charge is -2.09. The van der Waals surface area contributed by atoms with Gasteiger partial charge in [-0.3, -0.25) is 4.98 Å². The molecule has 0 atom stereocenters. The van der Waals surface area contributed by atoms with Gasteiger partial charge in [0.05, 0.1) is 23.5 Å². The van der Waals surface area contributed by atoms with Crippen molar-refractivity contribution in [1.29, 1.82) is 0 Å². The van der Waals surface area contributed by atoms with Crippen LogP contribution in [-0.2, 0) is 4.74 Å². The molecular formula is C19H20N4O2.